The lowest BCUT2D eigenvalue weighted by Crippen LogP contribution is -2.26. The highest BCUT2D eigenvalue weighted by Gasteiger charge is 2.39. The number of carbonyl (C=O) groups is 2. The molecule has 5 heterocycles. The third-order valence-corrected chi connectivity index (χ3v) is 9.80. The topological polar surface area (TPSA) is 198 Å². The number of nitrogens with two attached hydrogens (primary N) is 1. The molecular weight excluding hydrogens is 775 g/mol. The molecule has 0 spiro atoms. The van der Waals surface area contributed by atoms with Crippen molar-refractivity contribution in [3.8, 4) is 17.3 Å². The summed E-state index contributed by atoms with van der Waals surface area (Å²) in [5, 5.41) is 29.5. The van der Waals surface area contributed by atoms with Crippen LogP contribution >= 0.6 is 11.6 Å². The van der Waals surface area contributed by atoms with Crippen molar-refractivity contribution in [2.75, 3.05) is 30.3 Å². The standard InChI is InChI=1S/C27H33ClFN9OSi.2C2HF3O2/c1-40(2,3)11-10-39-17-37-9-6-20-24(32-16-33-26(20)37)19-13-34-38(15-19)23(4-7-30)18-5-8-36(14-18)27-21(29)12-22(31)25(28)35-27;2*3-2(4,5)1(6)7/h6,9,12-13,15-16,18,23H,4-5,8,10-11,14,17,31H2,1-3H3;2*(H,6,7)/t18-,23-;;/m0../s1. The maximum atomic E-state index is 14.6. The van der Waals surface area contributed by atoms with E-state index in [1.54, 1.807) is 12.5 Å². The Morgan fingerprint density at radius 3 is 2.35 bits per heavy atom. The molecule has 23 heteroatoms. The summed E-state index contributed by atoms with van der Waals surface area (Å²) in [6, 6.07) is 6.39. The minimum Gasteiger partial charge on any atom is -0.475 e. The second-order valence-corrected chi connectivity index (χ2v) is 19.0. The molecule has 0 saturated carbocycles. The SMILES string of the molecule is C[Si](C)(C)CCOCn1ccc2c(-c3cnn([C@@H](CC#N)[C@H]4CCN(c5nc(Cl)c(N)cc5F)C4)c3)ncnc21.O=C(O)C(F)(F)F.O=C(O)C(F)(F)F. The van der Waals surface area contributed by atoms with Crippen LogP contribution in [0.5, 0.6) is 0 Å². The third kappa shape index (κ3) is 12.0. The quantitative estimate of drug-likeness (QED) is 0.0671. The number of nitrogens with zero attached hydrogens (tertiary/aromatic N) is 8. The zero-order valence-electron chi connectivity index (χ0n) is 28.9. The van der Waals surface area contributed by atoms with E-state index in [0.29, 0.717) is 19.8 Å². The molecule has 0 aliphatic carbocycles. The van der Waals surface area contributed by atoms with E-state index >= 15 is 0 Å². The molecule has 1 saturated heterocycles. The summed E-state index contributed by atoms with van der Waals surface area (Å²) in [5.41, 5.74) is 8.19. The summed E-state index contributed by atoms with van der Waals surface area (Å²) in [6.45, 7) is 9.26. The van der Waals surface area contributed by atoms with Crippen LogP contribution < -0.4 is 10.6 Å². The number of carboxylic acids is 2. The second-order valence-electron chi connectivity index (χ2n) is 13.0. The first-order valence-electron chi connectivity index (χ1n) is 15.8. The molecule has 1 aliphatic rings. The van der Waals surface area contributed by atoms with Crippen LogP contribution in [0.1, 0.15) is 18.9 Å². The summed E-state index contributed by atoms with van der Waals surface area (Å²) in [4.78, 5) is 32.8. The number of nitriles is 1. The van der Waals surface area contributed by atoms with Crippen LogP contribution in [-0.4, -0.2) is 91.6 Å². The maximum absolute atomic E-state index is 14.6. The van der Waals surface area contributed by atoms with E-state index in [1.165, 1.54) is 6.07 Å². The number of pyridine rings is 1. The van der Waals surface area contributed by atoms with E-state index in [4.69, 9.17) is 41.9 Å². The van der Waals surface area contributed by atoms with Gasteiger partial charge >= 0.3 is 24.3 Å². The van der Waals surface area contributed by atoms with Crippen LogP contribution in [0, 0.1) is 23.1 Å². The molecule has 4 aromatic rings. The average molecular weight is 810 g/mol. The molecule has 294 valence electrons. The third-order valence-electron chi connectivity index (χ3n) is 7.79. The summed E-state index contributed by atoms with van der Waals surface area (Å²) >= 11 is 6.06. The number of aliphatic carboxylic acids is 2. The smallest absolute Gasteiger partial charge is 0.475 e. The zero-order valence-corrected chi connectivity index (χ0v) is 30.6. The second kappa shape index (κ2) is 17.9. The Balaban J connectivity index is 0.000000476. The summed E-state index contributed by atoms with van der Waals surface area (Å²) in [5.74, 6) is -5.79. The van der Waals surface area contributed by atoms with E-state index in [1.807, 2.05) is 32.6 Å². The van der Waals surface area contributed by atoms with Gasteiger partial charge in [-0.2, -0.15) is 36.7 Å². The fraction of sp³-hybridized carbons (Fsp3) is 0.452. The van der Waals surface area contributed by atoms with Crippen LogP contribution in [0.3, 0.4) is 0 Å². The fourth-order valence-electron chi connectivity index (χ4n) is 5.08. The van der Waals surface area contributed by atoms with Crippen molar-refractivity contribution in [3.05, 3.63) is 48.0 Å². The molecule has 4 aromatic heterocycles. The van der Waals surface area contributed by atoms with Crippen LogP contribution in [-0.2, 0) is 21.1 Å². The summed E-state index contributed by atoms with van der Waals surface area (Å²) < 4.78 is 87.8. The molecule has 4 N–H and O–H groups in total. The van der Waals surface area contributed by atoms with Crippen molar-refractivity contribution in [3.63, 3.8) is 0 Å². The van der Waals surface area contributed by atoms with Gasteiger partial charge in [0, 0.05) is 63.1 Å². The van der Waals surface area contributed by atoms with Gasteiger partial charge in [-0.1, -0.05) is 31.2 Å². The number of carboxylic acid groups (broad SMARTS) is 2. The Morgan fingerprint density at radius 2 is 1.78 bits per heavy atom. The van der Waals surface area contributed by atoms with Crippen molar-refractivity contribution in [1.29, 1.82) is 5.26 Å². The zero-order chi connectivity index (χ0) is 40.6. The summed E-state index contributed by atoms with van der Waals surface area (Å²) in [6.07, 6.45) is -1.95. The van der Waals surface area contributed by atoms with E-state index in [0.717, 1.165) is 41.4 Å². The van der Waals surface area contributed by atoms with E-state index < -0.39 is 38.2 Å². The lowest BCUT2D eigenvalue weighted by molar-refractivity contribution is -0.193. The fourth-order valence-corrected chi connectivity index (χ4v) is 5.97. The highest BCUT2D eigenvalue weighted by Crippen LogP contribution is 2.36. The normalized spacial score (nSPS) is 15.1. The van der Waals surface area contributed by atoms with Gasteiger partial charge in [-0.05, 0) is 18.5 Å². The number of hydrogen-bond acceptors (Lipinski definition) is 10. The van der Waals surface area contributed by atoms with Gasteiger partial charge in [0.25, 0.3) is 0 Å². The van der Waals surface area contributed by atoms with Crippen molar-refractivity contribution >= 4 is 54.2 Å². The van der Waals surface area contributed by atoms with Gasteiger partial charge < -0.3 is 30.2 Å². The van der Waals surface area contributed by atoms with Crippen LogP contribution in [0.25, 0.3) is 22.3 Å². The molecule has 1 aliphatic heterocycles. The van der Waals surface area contributed by atoms with Crippen molar-refractivity contribution < 1.29 is 55.3 Å². The van der Waals surface area contributed by atoms with Gasteiger partial charge in [-0.25, -0.2) is 28.9 Å². The average Bonchev–Trinajstić information content (AvgIpc) is 3.84. The first kappa shape index (κ1) is 43.4. The lowest BCUT2D eigenvalue weighted by Gasteiger charge is -2.23. The van der Waals surface area contributed by atoms with Gasteiger partial charge in [0.15, 0.2) is 16.8 Å². The highest BCUT2D eigenvalue weighted by molar-refractivity contribution is 6.76. The molecule has 54 heavy (non-hydrogen) atoms. The number of aromatic nitrogens is 6. The van der Waals surface area contributed by atoms with Gasteiger partial charge in [-0.3, -0.25) is 4.68 Å². The first-order valence-corrected chi connectivity index (χ1v) is 19.9. The monoisotopic (exact) mass is 809 g/mol. The number of halogens is 8. The first-order chi connectivity index (χ1) is 25.0. The lowest BCUT2D eigenvalue weighted by atomic mass is 9.96. The maximum Gasteiger partial charge on any atom is 0.490 e. The Hall–Kier alpha value is -5.01. The largest absolute Gasteiger partial charge is 0.490 e. The van der Waals surface area contributed by atoms with Gasteiger partial charge in [0.2, 0.25) is 0 Å². The summed E-state index contributed by atoms with van der Waals surface area (Å²) in [7, 11) is -1.16. The van der Waals surface area contributed by atoms with Crippen LogP contribution in [0.15, 0.2) is 37.1 Å². The molecule has 2 atom stereocenters. The Labute approximate surface area is 308 Å². The van der Waals surface area contributed by atoms with E-state index in [2.05, 4.69) is 45.8 Å². The minimum absolute atomic E-state index is 0.0599. The molecular formula is C31H35ClF7N9O5Si. The van der Waals surface area contributed by atoms with Gasteiger partial charge in [0.1, 0.15) is 18.7 Å². The van der Waals surface area contributed by atoms with Crippen LogP contribution in [0.2, 0.25) is 30.8 Å². The number of hydrogen-bond donors (Lipinski definition) is 3. The van der Waals surface area contributed by atoms with Crippen molar-refractivity contribution in [2.45, 2.75) is 63.7 Å². The van der Waals surface area contributed by atoms with E-state index in [-0.39, 0.29) is 35.0 Å². The molecule has 0 bridgehead atoms. The molecule has 0 aromatic carbocycles. The number of nitrogen functional groups attached to an aromatic ring is 1. The van der Waals surface area contributed by atoms with Crippen LogP contribution in [0.4, 0.5) is 42.2 Å². The Kier molecular flexibility index (Phi) is 14.4. The molecule has 1 fully saturated rings. The highest BCUT2D eigenvalue weighted by atomic mass is 35.5. The van der Waals surface area contributed by atoms with Gasteiger partial charge in [0.05, 0.1) is 36.1 Å². The Morgan fingerprint density at radius 1 is 1.15 bits per heavy atom. The molecule has 14 nitrogen and oxygen atoms in total. The van der Waals surface area contributed by atoms with Crippen molar-refractivity contribution in [1.82, 2.24) is 29.3 Å². The number of rotatable bonds is 10. The number of anilines is 2. The van der Waals surface area contributed by atoms with E-state index in [9.17, 15) is 36.0 Å². The number of ether oxygens (including phenoxy) is 1. The predicted molar refractivity (Wildman–Crippen MR) is 183 cm³/mol. The predicted octanol–water partition coefficient (Wildman–Crippen LogP) is 6.62. The minimum atomic E-state index is -5.08. The molecule has 0 unspecified atom stereocenters. The van der Waals surface area contributed by atoms with Crippen molar-refractivity contribution in [2.24, 2.45) is 5.92 Å². The molecule has 0 radical (unpaired) electrons. The molecule has 0 amide bonds. The number of alkyl halides is 6. The number of fused-ring (bicyclic) bond motifs is 1. The molecule has 5 rings (SSSR count). The Bertz CT molecular complexity index is 1940. The van der Waals surface area contributed by atoms with Gasteiger partial charge in [-0.15, -0.1) is 0 Å².